The number of rotatable bonds is 6. The second-order valence-corrected chi connectivity index (χ2v) is 10.0. The molecule has 1 unspecified atom stereocenters. The van der Waals surface area contributed by atoms with Gasteiger partial charge in [-0.05, 0) is 42.2 Å². The smallest absolute Gasteiger partial charge is 0.258 e. The van der Waals surface area contributed by atoms with E-state index in [1.807, 2.05) is 30.3 Å². The number of sulfonamides is 1. The summed E-state index contributed by atoms with van der Waals surface area (Å²) in [7, 11) is -3.51. The highest BCUT2D eigenvalue weighted by Crippen LogP contribution is 2.23. The zero-order chi connectivity index (χ0) is 22.0. The van der Waals surface area contributed by atoms with Crippen molar-refractivity contribution < 1.29 is 8.42 Å². The Hall–Kier alpha value is -2.55. The first-order valence-electron chi connectivity index (χ1n) is 10.7. The quantitative estimate of drug-likeness (QED) is 0.637. The summed E-state index contributed by atoms with van der Waals surface area (Å²) in [5.41, 5.74) is 1.68. The molecule has 0 radical (unpaired) electrons. The number of H-pyrrole nitrogens is 1. The molecule has 164 valence electrons. The summed E-state index contributed by atoms with van der Waals surface area (Å²) in [5, 5.41) is 0.571. The van der Waals surface area contributed by atoms with Crippen molar-refractivity contribution in [1.29, 1.82) is 0 Å². The molecule has 4 rings (SSSR count). The molecule has 1 N–H and O–H groups in total. The Labute approximate surface area is 182 Å². The lowest BCUT2D eigenvalue weighted by atomic mass is 9.99. The van der Waals surface area contributed by atoms with Crippen LogP contribution in [0.3, 0.4) is 0 Å². The van der Waals surface area contributed by atoms with Crippen LogP contribution in [0.5, 0.6) is 0 Å². The van der Waals surface area contributed by atoms with E-state index in [4.69, 9.17) is 0 Å². The predicted molar refractivity (Wildman–Crippen MR) is 122 cm³/mol. The monoisotopic (exact) mass is 440 g/mol. The molecule has 1 atom stereocenters. The van der Waals surface area contributed by atoms with Crippen molar-refractivity contribution >= 4 is 20.9 Å². The van der Waals surface area contributed by atoms with Crippen molar-refractivity contribution in [1.82, 2.24) is 19.2 Å². The summed E-state index contributed by atoms with van der Waals surface area (Å²) in [6, 6.07) is 14.5. The highest BCUT2D eigenvalue weighted by atomic mass is 32.2. The van der Waals surface area contributed by atoms with Gasteiger partial charge in [0.2, 0.25) is 10.0 Å². The van der Waals surface area contributed by atoms with Gasteiger partial charge in [-0.15, -0.1) is 0 Å². The molecule has 1 aliphatic rings. The molecule has 0 saturated carbocycles. The Kier molecular flexibility index (Phi) is 6.22. The third-order valence-corrected chi connectivity index (χ3v) is 7.98. The van der Waals surface area contributed by atoms with Crippen molar-refractivity contribution in [3.63, 3.8) is 0 Å². The number of piperazine rings is 1. The average molecular weight is 441 g/mol. The Morgan fingerprint density at radius 2 is 1.71 bits per heavy atom. The SMILES string of the molecule is CCC(C)c1ccc(S(=O)(=O)N2CCN(Cc3nc4ccccc4c(=O)[nH]3)CC2)cc1. The van der Waals surface area contributed by atoms with Crippen molar-refractivity contribution in [3.05, 3.63) is 70.3 Å². The zero-order valence-corrected chi connectivity index (χ0v) is 18.7. The summed E-state index contributed by atoms with van der Waals surface area (Å²) in [4.78, 5) is 22.1. The fraction of sp³-hybridized carbons (Fsp3) is 0.391. The van der Waals surface area contributed by atoms with Crippen LogP contribution in [0.4, 0.5) is 0 Å². The van der Waals surface area contributed by atoms with Gasteiger partial charge in [-0.2, -0.15) is 4.31 Å². The number of nitrogens with one attached hydrogen (secondary N) is 1. The van der Waals surface area contributed by atoms with Gasteiger partial charge in [-0.25, -0.2) is 13.4 Å². The number of para-hydroxylation sites is 1. The molecular formula is C23H28N4O3S. The number of aromatic nitrogens is 2. The van der Waals surface area contributed by atoms with Crippen LogP contribution in [0.1, 0.15) is 37.6 Å². The number of hydrogen-bond donors (Lipinski definition) is 1. The molecule has 0 spiro atoms. The standard InChI is InChI=1S/C23H28N4O3S/c1-3-17(2)18-8-10-19(11-9-18)31(29,30)27-14-12-26(13-15-27)16-22-24-21-7-5-4-6-20(21)23(28)25-22/h4-11,17H,3,12-16H2,1-2H3,(H,24,25,28). The van der Waals surface area contributed by atoms with Crippen LogP contribution < -0.4 is 5.56 Å². The summed E-state index contributed by atoms with van der Waals surface area (Å²) in [5.74, 6) is 1.01. The topological polar surface area (TPSA) is 86.4 Å². The lowest BCUT2D eigenvalue weighted by molar-refractivity contribution is 0.178. The van der Waals surface area contributed by atoms with Crippen molar-refractivity contribution in [2.45, 2.75) is 37.6 Å². The Morgan fingerprint density at radius 3 is 2.39 bits per heavy atom. The predicted octanol–water partition coefficient (Wildman–Crippen LogP) is 2.94. The lowest BCUT2D eigenvalue weighted by Crippen LogP contribution is -2.48. The van der Waals surface area contributed by atoms with Crippen LogP contribution in [-0.4, -0.2) is 53.8 Å². The molecular weight excluding hydrogens is 412 g/mol. The van der Waals surface area contributed by atoms with Gasteiger partial charge in [-0.3, -0.25) is 9.69 Å². The Balaban J connectivity index is 1.42. The number of aromatic amines is 1. The Morgan fingerprint density at radius 1 is 1.03 bits per heavy atom. The number of benzene rings is 2. The van der Waals surface area contributed by atoms with E-state index in [-0.39, 0.29) is 5.56 Å². The third-order valence-electron chi connectivity index (χ3n) is 6.07. The van der Waals surface area contributed by atoms with Gasteiger partial charge in [-0.1, -0.05) is 38.1 Å². The van der Waals surface area contributed by atoms with E-state index in [0.717, 1.165) is 12.0 Å². The molecule has 0 aliphatic carbocycles. The maximum absolute atomic E-state index is 13.0. The van der Waals surface area contributed by atoms with Crippen LogP contribution >= 0.6 is 0 Å². The summed E-state index contributed by atoms with van der Waals surface area (Å²) in [6.45, 7) is 6.73. The first kappa shape index (κ1) is 21.7. The minimum Gasteiger partial charge on any atom is -0.309 e. The molecule has 2 heterocycles. The summed E-state index contributed by atoms with van der Waals surface area (Å²) in [6.07, 6.45) is 1.02. The van der Waals surface area contributed by atoms with Crippen molar-refractivity contribution in [2.24, 2.45) is 0 Å². The van der Waals surface area contributed by atoms with Crippen molar-refractivity contribution in [2.75, 3.05) is 26.2 Å². The molecule has 2 aromatic carbocycles. The molecule has 0 bridgehead atoms. The van der Waals surface area contributed by atoms with Gasteiger partial charge >= 0.3 is 0 Å². The summed E-state index contributed by atoms with van der Waals surface area (Å²) < 4.78 is 27.6. The molecule has 0 amide bonds. The summed E-state index contributed by atoms with van der Waals surface area (Å²) >= 11 is 0. The molecule has 1 fully saturated rings. The molecule has 8 heteroatoms. The number of hydrogen-bond acceptors (Lipinski definition) is 5. The maximum atomic E-state index is 13.0. The number of fused-ring (bicyclic) bond motifs is 1. The fourth-order valence-electron chi connectivity index (χ4n) is 3.90. The lowest BCUT2D eigenvalue weighted by Gasteiger charge is -2.33. The molecule has 1 aliphatic heterocycles. The van der Waals surface area contributed by atoms with E-state index in [2.05, 4.69) is 28.7 Å². The highest BCUT2D eigenvalue weighted by molar-refractivity contribution is 7.89. The van der Waals surface area contributed by atoms with Crippen LogP contribution in [0.25, 0.3) is 10.9 Å². The van der Waals surface area contributed by atoms with Crippen LogP contribution in [-0.2, 0) is 16.6 Å². The maximum Gasteiger partial charge on any atom is 0.258 e. The van der Waals surface area contributed by atoms with Crippen LogP contribution in [0.15, 0.2) is 58.2 Å². The normalized spacial score (nSPS) is 17.1. The van der Waals surface area contributed by atoms with Gasteiger partial charge < -0.3 is 4.98 Å². The van der Waals surface area contributed by atoms with E-state index in [9.17, 15) is 13.2 Å². The van der Waals surface area contributed by atoms with Crippen molar-refractivity contribution in [3.8, 4) is 0 Å². The fourth-order valence-corrected chi connectivity index (χ4v) is 5.32. The van der Waals surface area contributed by atoms with Gasteiger partial charge in [0.25, 0.3) is 5.56 Å². The zero-order valence-electron chi connectivity index (χ0n) is 17.9. The van der Waals surface area contributed by atoms with E-state index in [1.165, 1.54) is 4.31 Å². The van der Waals surface area contributed by atoms with E-state index in [1.54, 1.807) is 18.2 Å². The van der Waals surface area contributed by atoms with Gasteiger partial charge in [0.05, 0.1) is 22.3 Å². The Bertz CT molecular complexity index is 1210. The first-order valence-corrected chi connectivity index (χ1v) is 12.1. The molecule has 1 saturated heterocycles. The second-order valence-electron chi connectivity index (χ2n) is 8.09. The third kappa shape index (κ3) is 4.56. The minimum atomic E-state index is -3.51. The molecule has 3 aromatic rings. The van der Waals surface area contributed by atoms with Crippen LogP contribution in [0.2, 0.25) is 0 Å². The highest BCUT2D eigenvalue weighted by Gasteiger charge is 2.28. The van der Waals surface area contributed by atoms with E-state index >= 15 is 0 Å². The van der Waals surface area contributed by atoms with E-state index in [0.29, 0.717) is 60.3 Å². The molecule has 7 nitrogen and oxygen atoms in total. The first-order chi connectivity index (χ1) is 14.9. The van der Waals surface area contributed by atoms with Gasteiger partial charge in [0.15, 0.2) is 0 Å². The largest absolute Gasteiger partial charge is 0.309 e. The van der Waals surface area contributed by atoms with E-state index < -0.39 is 10.0 Å². The van der Waals surface area contributed by atoms with Crippen LogP contribution in [0, 0.1) is 0 Å². The average Bonchev–Trinajstić information content (AvgIpc) is 2.79. The second kappa shape index (κ2) is 8.90. The van der Waals surface area contributed by atoms with Gasteiger partial charge in [0, 0.05) is 26.2 Å². The van der Waals surface area contributed by atoms with Gasteiger partial charge in [0.1, 0.15) is 5.82 Å². The number of nitrogens with zero attached hydrogens (tertiary/aromatic N) is 3. The molecule has 1 aromatic heterocycles. The minimum absolute atomic E-state index is 0.150. The molecule has 31 heavy (non-hydrogen) atoms.